The molecule has 6 nitrogen and oxygen atoms in total. The topological polar surface area (TPSA) is 56.0 Å². The molecule has 0 bridgehead atoms. The van der Waals surface area contributed by atoms with Gasteiger partial charge in [0.15, 0.2) is 0 Å². The molecule has 0 N–H and O–H groups in total. The molecule has 3 aromatic heterocycles. The maximum Gasteiger partial charge on any atom is 0.278 e. The Bertz CT molecular complexity index is 992. The highest BCUT2D eigenvalue weighted by atomic mass is 16.1. The van der Waals surface area contributed by atoms with Crippen LogP contribution in [0.15, 0.2) is 23.4 Å². The normalized spacial score (nSPS) is 21.1. The number of nitrogens with zero attached hydrogens (tertiary/aromatic N) is 5. The van der Waals surface area contributed by atoms with Crippen molar-refractivity contribution in [1.82, 2.24) is 19.1 Å². The van der Waals surface area contributed by atoms with E-state index in [9.17, 15) is 4.79 Å². The van der Waals surface area contributed by atoms with Crippen LogP contribution in [0.5, 0.6) is 0 Å². The van der Waals surface area contributed by atoms with Crippen molar-refractivity contribution in [3.8, 4) is 0 Å². The van der Waals surface area contributed by atoms with E-state index in [2.05, 4.69) is 11.9 Å². The van der Waals surface area contributed by atoms with Crippen molar-refractivity contribution in [3.63, 3.8) is 0 Å². The second-order valence-electron chi connectivity index (χ2n) is 7.55. The summed E-state index contributed by atoms with van der Waals surface area (Å²) in [5.74, 6) is 0.758. The van der Waals surface area contributed by atoms with Gasteiger partial charge in [-0.1, -0.05) is 6.92 Å². The molecule has 1 fully saturated rings. The average molecular weight is 339 g/mol. The van der Waals surface area contributed by atoms with Gasteiger partial charge in [0.05, 0.1) is 17.4 Å². The third kappa shape index (κ3) is 2.42. The molecule has 1 aliphatic rings. The zero-order valence-electron chi connectivity index (χ0n) is 15.4. The summed E-state index contributed by atoms with van der Waals surface area (Å²) in [5, 5.41) is 0.950. The van der Waals surface area contributed by atoms with Gasteiger partial charge in [0, 0.05) is 33.4 Å². The zero-order valence-corrected chi connectivity index (χ0v) is 15.4. The van der Waals surface area contributed by atoms with Crippen LogP contribution in [-0.2, 0) is 7.05 Å². The van der Waals surface area contributed by atoms with Crippen LogP contribution in [0, 0.1) is 5.92 Å². The van der Waals surface area contributed by atoms with Crippen molar-refractivity contribution in [3.05, 3.63) is 28.9 Å². The van der Waals surface area contributed by atoms with Crippen molar-refractivity contribution in [2.75, 3.05) is 19.0 Å². The van der Waals surface area contributed by atoms with Crippen LogP contribution in [0.1, 0.15) is 38.6 Å². The van der Waals surface area contributed by atoms with Gasteiger partial charge >= 0.3 is 0 Å². The van der Waals surface area contributed by atoms with E-state index in [4.69, 9.17) is 4.98 Å². The summed E-state index contributed by atoms with van der Waals surface area (Å²) in [4.78, 5) is 24.5. The zero-order chi connectivity index (χ0) is 17.7. The second-order valence-corrected chi connectivity index (χ2v) is 7.55. The molecule has 1 aliphatic carbocycles. The number of hydrogen-bond acceptors (Lipinski definition) is 4. The van der Waals surface area contributed by atoms with Gasteiger partial charge in [0.25, 0.3) is 5.56 Å². The maximum atomic E-state index is 13.2. The smallest absolute Gasteiger partial charge is 0.278 e. The molecule has 3 heterocycles. The molecule has 1 saturated carbocycles. The van der Waals surface area contributed by atoms with Crippen LogP contribution in [-0.4, -0.2) is 33.2 Å². The van der Waals surface area contributed by atoms with Crippen molar-refractivity contribution in [2.45, 2.75) is 38.6 Å². The maximum absolute atomic E-state index is 13.2. The lowest BCUT2D eigenvalue weighted by atomic mass is 9.87. The van der Waals surface area contributed by atoms with Gasteiger partial charge in [-0.25, -0.2) is 9.97 Å². The van der Waals surface area contributed by atoms with E-state index in [0.717, 1.165) is 41.0 Å². The predicted molar refractivity (Wildman–Crippen MR) is 101 cm³/mol. The molecule has 0 atom stereocenters. The summed E-state index contributed by atoms with van der Waals surface area (Å²) in [6, 6.07) is 2.23. The molecular formula is C19H25N5O. The van der Waals surface area contributed by atoms with Crippen molar-refractivity contribution >= 4 is 27.8 Å². The van der Waals surface area contributed by atoms with Gasteiger partial charge in [0.2, 0.25) is 0 Å². The van der Waals surface area contributed by atoms with E-state index in [-0.39, 0.29) is 11.6 Å². The highest BCUT2D eigenvalue weighted by Crippen LogP contribution is 2.33. The van der Waals surface area contributed by atoms with Gasteiger partial charge in [-0.3, -0.25) is 9.36 Å². The van der Waals surface area contributed by atoms with Crippen LogP contribution in [0.2, 0.25) is 0 Å². The van der Waals surface area contributed by atoms with Gasteiger partial charge in [-0.15, -0.1) is 0 Å². The first-order valence-corrected chi connectivity index (χ1v) is 9.00. The summed E-state index contributed by atoms with van der Waals surface area (Å²) in [5.41, 5.74) is 3.29. The lowest BCUT2D eigenvalue weighted by molar-refractivity contribution is 0.284. The van der Waals surface area contributed by atoms with Gasteiger partial charge in [-0.05, 0) is 37.7 Å². The van der Waals surface area contributed by atoms with Crippen LogP contribution in [0.3, 0.4) is 0 Å². The first kappa shape index (κ1) is 16.1. The number of anilines is 1. The minimum Gasteiger partial charge on any atom is -0.377 e. The number of aryl methyl sites for hydroxylation is 1. The lowest BCUT2D eigenvalue weighted by Crippen LogP contribution is -2.28. The minimum absolute atomic E-state index is 0.0507. The molecule has 6 heteroatoms. The van der Waals surface area contributed by atoms with Gasteiger partial charge in [0.1, 0.15) is 16.7 Å². The Morgan fingerprint density at radius 3 is 2.56 bits per heavy atom. The lowest BCUT2D eigenvalue weighted by Gasteiger charge is -2.27. The van der Waals surface area contributed by atoms with Crippen LogP contribution in [0.4, 0.5) is 5.69 Å². The minimum atomic E-state index is 0.0507. The van der Waals surface area contributed by atoms with E-state index in [1.165, 1.54) is 12.8 Å². The quantitative estimate of drug-likeness (QED) is 0.720. The predicted octanol–water partition coefficient (Wildman–Crippen LogP) is 3.10. The van der Waals surface area contributed by atoms with Gasteiger partial charge in [-0.2, -0.15) is 0 Å². The highest BCUT2D eigenvalue weighted by Gasteiger charge is 2.24. The Kier molecular flexibility index (Phi) is 3.78. The third-order valence-electron chi connectivity index (χ3n) is 5.63. The van der Waals surface area contributed by atoms with Crippen molar-refractivity contribution < 1.29 is 0 Å². The molecule has 0 unspecified atom stereocenters. The fourth-order valence-electron chi connectivity index (χ4n) is 4.12. The molecule has 0 aliphatic heterocycles. The van der Waals surface area contributed by atoms with Gasteiger partial charge < -0.3 is 9.47 Å². The SMILES string of the molecule is CC1CCC(n2cnc3c4c(N(C)C)ccnc4n(C)c3c2=O)CC1. The molecule has 0 amide bonds. The Morgan fingerprint density at radius 1 is 1.16 bits per heavy atom. The van der Waals surface area contributed by atoms with E-state index in [0.29, 0.717) is 5.52 Å². The molecule has 132 valence electrons. The highest BCUT2D eigenvalue weighted by molar-refractivity contribution is 6.10. The first-order valence-electron chi connectivity index (χ1n) is 9.00. The number of pyridine rings is 1. The molecule has 0 aromatic carbocycles. The fraction of sp³-hybridized carbons (Fsp3) is 0.526. The fourth-order valence-corrected chi connectivity index (χ4v) is 4.12. The Morgan fingerprint density at radius 2 is 1.88 bits per heavy atom. The number of aromatic nitrogens is 4. The van der Waals surface area contributed by atoms with E-state index in [1.54, 1.807) is 12.5 Å². The largest absolute Gasteiger partial charge is 0.377 e. The number of hydrogen-bond donors (Lipinski definition) is 0. The third-order valence-corrected chi connectivity index (χ3v) is 5.63. The van der Waals surface area contributed by atoms with E-state index in [1.807, 2.05) is 41.2 Å². The van der Waals surface area contributed by atoms with E-state index >= 15 is 0 Å². The van der Waals surface area contributed by atoms with E-state index < -0.39 is 0 Å². The summed E-state index contributed by atoms with van der Waals surface area (Å²) in [7, 11) is 5.91. The van der Waals surface area contributed by atoms with Crippen molar-refractivity contribution in [1.29, 1.82) is 0 Å². The molecule has 0 saturated heterocycles. The van der Waals surface area contributed by atoms with Crippen molar-refractivity contribution in [2.24, 2.45) is 13.0 Å². The average Bonchev–Trinajstić information content (AvgIpc) is 2.90. The Labute approximate surface area is 147 Å². The second kappa shape index (κ2) is 5.86. The number of fused-ring (bicyclic) bond motifs is 3. The molecule has 4 rings (SSSR count). The van der Waals surface area contributed by atoms with Crippen LogP contribution < -0.4 is 10.5 Å². The summed E-state index contributed by atoms with van der Waals surface area (Å²) < 4.78 is 3.75. The Balaban J connectivity index is 1.96. The summed E-state index contributed by atoms with van der Waals surface area (Å²) in [6.07, 6.45) is 8.00. The molecule has 25 heavy (non-hydrogen) atoms. The summed E-state index contributed by atoms with van der Waals surface area (Å²) in [6.45, 7) is 2.29. The standard InChI is InChI=1S/C19H25N5O/c1-12-5-7-13(8-6-12)24-11-21-16-15-14(22(2)3)9-10-20-18(15)23(4)17(16)19(24)25/h9-13H,5-8H2,1-4H3. The molecule has 0 radical (unpaired) electrons. The monoisotopic (exact) mass is 339 g/mol. The molecule has 3 aromatic rings. The first-order chi connectivity index (χ1) is 12.0. The molecule has 0 spiro atoms. The summed E-state index contributed by atoms with van der Waals surface area (Å²) >= 11 is 0. The van der Waals surface area contributed by atoms with Crippen LogP contribution >= 0.6 is 0 Å². The molecular weight excluding hydrogens is 314 g/mol. The number of rotatable bonds is 2. The Hall–Kier alpha value is -2.37. The van der Waals surface area contributed by atoms with Crippen LogP contribution in [0.25, 0.3) is 22.1 Å².